The van der Waals surface area contributed by atoms with E-state index in [4.69, 9.17) is 9.47 Å². The molecule has 0 spiro atoms. The van der Waals surface area contributed by atoms with Gasteiger partial charge in [-0.3, -0.25) is 4.79 Å². The van der Waals surface area contributed by atoms with Gasteiger partial charge in [0.05, 0.1) is 25.4 Å². The van der Waals surface area contributed by atoms with Crippen LogP contribution in [-0.4, -0.2) is 87.5 Å². The molecule has 9 heteroatoms. The summed E-state index contributed by atoms with van der Waals surface area (Å²) < 4.78 is 11.2. The van der Waals surface area contributed by atoms with Crippen LogP contribution in [0.2, 0.25) is 0 Å². The zero-order chi connectivity index (χ0) is 45.1. The number of ether oxygens (including phenoxy) is 2. The van der Waals surface area contributed by atoms with E-state index in [1.54, 1.807) is 0 Å². The predicted molar refractivity (Wildman–Crippen MR) is 258 cm³/mol. The van der Waals surface area contributed by atoms with Gasteiger partial charge in [0.1, 0.15) is 24.4 Å². The number of rotatable bonds is 45. The summed E-state index contributed by atoms with van der Waals surface area (Å²) in [4.78, 5) is 12.9. The molecular formula is C53H101NO8. The molecule has 1 rings (SSSR count). The van der Waals surface area contributed by atoms with Crippen molar-refractivity contribution in [3.63, 3.8) is 0 Å². The largest absolute Gasteiger partial charge is 0.394 e. The van der Waals surface area contributed by atoms with Crippen LogP contribution in [-0.2, 0) is 14.3 Å². The molecule has 1 saturated heterocycles. The van der Waals surface area contributed by atoms with Crippen molar-refractivity contribution in [3.8, 4) is 0 Å². The van der Waals surface area contributed by atoms with Crippen LogP contribution in [0.5, 0.6) is 0 Å². The van der Waals surface area contributed by atoms with Gasteiger partial charge in [0, 0.05) is 6.42 Å². The zero-order valence-corrected chi connectivity index (χ0v) is 40.4. The van der Waals surface area contributed by atoms with Gasteiger partial charge in [-0.05, 0) is 44.9 Å². The van der Waals surface area contributed by atoms with Gasteiger partial charge in [-0.1, -0.05) is 224 Å². The number of amides is 1. The van der Waals surface area contributed by atoms with Crippen LogP contribution in [0.25, 0.3) is 0 Å². The number of allylic oxidation sites excluding steroid dienone is 4. The van der Waals surface area contributed by atoms with Crippen LogP contribution >= 0.6 is 0 Å². The minimum Gasteiger partial charge on any atom is -0.394 e. The van der Waals surface area contributed by atoms with E-state index in [2.05, 4.69) is 43.5 Å². The third-order valence-corrected chi connectivity index (χ3v) is 12.8. The second kappa shape index (κ2) is 43.6. The molecule has 6 N–H and O–H groups in total. The lowest BCUT2D eigenvalue weighted by Crippen LogP contribution is -2.60. The molecule has 1 fully saturated rings. The first-order valence-electron chi connectivity index (χ1n) is 26.5. The molecular weight excluding hydrogens is 779 g/mol. The fourth-order valence-electron chi connectivity index (χ4n) is 8.55. The molecule has 0 aromatic rings. The molecule has 0 saturated carbocycles. The molecule has 7 unspecified atom stereocenters. The number of carbonyl (C=O) groups is 1. The van der Waals surface area contributed by atoms with Crippen molar-refractivity contribution in [1.29, 1.82) is 0 Å². The highest BCUT2D eigenvalue weighted by Crippen LogP contribution is 2.23. The lowest BCUT2D eigenvalue weighted by atomic mass is 9.99. The van der Waals surface area contributed by atoms with Crippen molar-refractivity contribution in [2.24, 2.45) is 0 Å². The SMILES string of the molecule is CCCCCCC/C=C\C/C=C\CCCCCCCCCCCCCCCCCCCCCCCC(=O)NC(COC1OC(CO)C(O)C(O)C1O)C(O)CCCCCCCC. The van der Waals surface area contributed by atoms with E-state index >= 15 is 0 Å². The molecule has 0 aromatic heterocycles. The van der Waals surface area contributed by atoms with Crippen LogP contribution in [0.15, 0.2) is 24.3 Å². The molecule has 0 bridgehead atoms. The summed E-state index contributed by atoms with van der Waals surface area (Å²) in [7, 11) is 0. The van der Waals surface area contributed by atoms with Crippen molar-refractivity contribution >= 4 is 5.91 Å². The maximum absolute atomic E-state index is 12.9. The lowest BCUT2D eigenvalue weighted by Gasteiger charge is -2.40. The highest BCUT2D eigenvalue weighted by Gasteiger charge is 2.44. The molecule has 0 aromatic carbocycles. The summed E-state index contributed by atoms with van der Waals surface area (Å²) in [5, 5.41) is 54.1. The van der Waals surface area contributed by atoms with Crippen LogP contribution in [0.3, 0.4) is 0 Å². The van der Waals surface area contributed by atoms with E-state index in [1.807, 2.05) is 0 Å². The van der Waals surface area contributed by atoms with Gasteiger partial charge in [-0.15, -0.1) is 0 Å². The van der Waals surface area contributed by atoms with Crippen molar-refractivity contribution < 1.29 is 39.8 Å². The van der Waals surface area contributed by atoms with E-state index in [-0.39, 0.29) is 12.5 Å². The van der Waals surface area contributed by atoms with Gasteiger partial charge >= 0.3 is 0 Å². The maximum Gasteiger partial charge on any atom is 0.220 e. The Labute approximate surface area is 381 Å². The number of hydrogen-bond donors (Lipinski definition) is 6. The van der Waals surface area contributed by atoms with Gasteiger partial charge in [0.2, 0.25) is 5.91 Å². The molecule has 1 amide bonds. The molecule has 0 aliphatic carbocycles. The maximum atomic E-state index is 12.9. The summed E-state index contributed by atoms with van der Waals surface area (Å²) in [5.41, 5.74) is 0. The average Bonchev–Trinajstić information content (AvgIpc) is 3.27. The average molecular weight is 880 g/mol. The van der Waals surface area contributed by atoms with Crippen molar-refractivity contribution in [2.45, 2.75) is 294 Å². The fourth-order valence-corrected chi connectivity index (χ4v) is 8.55. The first-order chi connectivity index (χ1) is 30.3. The summed E-state index contributed by atoms with van der Waals surface area (Å²) in [6.07, 6.45) is 46.9. The second-order valence-electron chi connectivity index (χ2n) is 18.7. The van der Waals surface area contributed by atoms with E-state index in [0.29, 0.717) is 12.8 Å². The minimum atomic E-state index is -1.55. The van der Waals surface area contributed by atoms with E-state index < -0.39 is 49.5 Å². The Morgan fingerprint density at radius 3 is 1.39 bits per heavy atom. The summed E-state index contributed by atoms with van der Waals surface area (Å²) >= 11 is 0. The van der Waals surface area contributed by atoms with Crippen LogP contribution < -0.4 is 5.32 Å². The van der Waals surface area contributed by atoms with Crippen LogP contribution in [0.4, 0.5) is 0 Å². The standard InChI is InChI=1S/C53H101NO8/c1-3-5-7-9-11-12-13-14-15-16-17-18-19-20-21-22-23-24-25-26-27-28-29-30-31-32-33-34-35-36-37-39-41-43-49(57)54-46(47(56)42-40-38-10-8-6-4-2)45-61-53-52(60)51(59)50(58)48(44-55)62-53/h13-14,16-17,46-48,50-53,55-56,58-60H,3-12,15,18-45H2,1-2H3,(H,54,57)/b14-13-,17-16-. The van der Waals surface area contributed by atoms with Gasteiger partial charge in [0.15, 0.2) is 6.29 Å². The summed E-state index contributed by atoms with van der Waals surface area (Å²) in [6.45, 7) is 3.77. The molecule has 9 nitrogen and oxygen atoms in total. The highest BCUT2D eigenvalue weighted by atomic mass is 16.7. The highest BCUT2D eigenvalue weighted by molar-refractivity contribution is 5.76. The Bertz CT molecular complexity index is 1020. The second-order valence-corrected chi connectivity index (χ2v) is 18.7. The molecule has 1 heterocycles. The Morgan fingerprint density at radius 1 is 0.548 bits per heavy atom. The summed E-state index contributed by atoms with van der Waals surface area (Å²) in [6, 6.07) is -0.712. The van der Waals surface area contributed by atoms with Crippen molar-refractivity contribution in [3.05, 3.63) is 24.3 Å². The number of aliphatic hydroxyl groups excluding tert-OH is 5. The Morgan fingerprint density at radius 2 is 0.952 bits per heavy atom. The smallest absolute Gasteiger partial charge is 0.220 e. The normalized spacial score (nSPS) is 20.4. The number of aliphatic hydroxyl groups is 5. The number of hydrogen-bond acceptors (Lipinski definition) is 8. The van der Waals surface area contributed by atoms with Crippen molar-refractivity contribution in [1.82, 2.24) is 5.32 Å². The van der Waals surface area contributed by atoms with E-state index in [1.165, 1.54) is 180 Å². The topological polar surface area (TPSA) is 149 Å². The third-order valence-electron chi connectivity index (χ3n) is 12.8. The Kier molecular flexibility index (Phi) is 41.2. The number of nitrogens with one attached hydrogen (secondary N) is 1. The van der Waals surface area contributed by atoms with Gasteiger partial charge in [-0.25, -0.2) is 0 Å². The monoisotopic (exact) mass is 880 g/mol. The van der Waals surface area contributed by atoms with Crippen LogP contribution in [0.1, 0.15) is 251 Å². The molecule has 7 atom stereocenters. The van der Waals surface area contributed by atoms with E-state index in [0.717, 1.165) is 44.9 Å². The van der Waals surface area contributed by atoms with Crippen molar-refractivity contribution in [2.75, 3.05) is 13.2 Å². The van der Waals surface area contributed by atoms with Gasteiger partial charge < -0.3 is 40.3 Å². The van der Waals surface area contributed by atoms with Gasteiger partial charge in [-0.2, -0.15) is 0 Å². The molecule has 366 valence electrons. The fraction of sp³-hybridized carbons (Fsp3) is 0.906. The first kappa shape index (κ1) is 58.7. The lowest BCUT2D eigenvalue weighted by molar-refractivity contribution is -0.302. The molecule has 62 heavy (non-hydrogen) atoms. The quantitative estimate of drug-likeness (QED) is 0.0262. The number of carbonyl (C=O) groups excluding carboxylic acids is 1. The Balaban J connectivity index is 2.00. The van der Waals surface area contributed by atoms with Crippen LogP contribution in [0, 0.1) is 0 Å². The molecule has 1 aliphatic heterocycles. The number of unbranched alkanes of at least 4 members (excludes halogenated alkanes) is 31. The first-order valence-corrected chi connectivity index (χ1v) is 26.5. The Hall–Kier alpha value is -1.33. The zero-order valence-electron chi connectivity index (χ0n) is 40.4. The predicted octanol–water partition coefficient (Wildman–Crippen LogP) is 12.2. The summed E-state index contributed by atoms with van der Waals surface area (Å²) in [5.74, 6) is -0.146. The van der Waals surface area contributed by atoms with Gasteiger partial charge in [0.25, 0.3) is 0 Å². The molecule has 1 aliphatic rings. The van der Waals surface area contributed by atoms with E-state index in [9.17, 15) is 30.3 Å². The third kappa shape index (κ3) is 33.2. The minimum absolute atomic E-state index is 0.136. The molecule has 0 radical (unpaired) electrons.